The van der Waals surface area contributed by atoms with Crippen molar-refractivity contribution in [2.75, 3.05) is 6.54 Å². The van der Waals surface area contributed by atoms with E-state index in [1.54, 1.807) is 12.3 Å². The molecule has 6 heteroatoms. The molecule has 0 aliphatic carbocycles. The van der Waals surface area contributed by atoms with Crippen LogP contribution in [0.1, 0.15) is 42.4 Å². The number of nitrogens with one attached hydrogen (secondary N) is 1. The van der Waals surface area contributed by atoms with Crippen LogP contribution in [0, 0.1) is 0 Å². The van der Waals surface area contributed by atoms with E-state index in [1.165, 1.54) is 6.20 Å². The first-order valence-corrected chi connectivity index (χ1v) is 7.36. The van der Waals surface area contributed by atoms with E-state index in [0.29, 0.717) is 23.0 Å². The third kappa shape index (κ3) is 4.04. The molecule has 1 amide bonds. The van der Waals surface area contributed by atoms with Crippen LogP contribution in [-0.2, 0) is 6.54 Å². The van der Waals surface area contributed by atoms with E-state index in [4.69, 9.17) is 11.6 Å². The summed E-state index contributed by atoms with van der Waals surface area (Å²) in [6, 6.07) is 1.62. The quantitative estimate of drug-likeness (QED) is 0.835. The van der Waals surface area contributed by atoms with Crippen LogP contribution in [0.25, 0.3) is 0 Å². The highest BCUT2D eigenvalue weighted by Crippen LogP contribution is 2.13. The smallest absolute Gasteiger partial charge is 0.252 e. The van der Waals surface area contributed by atoms with Gasteiger partial charge in [-0.2, -0.15) is 0 Å². The third-order valence-electron chi connectivity index (χ3n) is 3.14. The highest BCUT2D eigenvalue weighted by Gasteiger charge is 2.10. The Labute approximate surface area is 129 Å². The van der Waals surface area contributed by atoms with Crippen molar-refractivity contribution in [1.82, 2.24) is 19.9 Å². The molecule has 0 atom stereocenters. The fourth-order valence-electron chi connectivity index (χ4n) is 2.12. The second-order valence-electron chi connectivity index (χ2n) is 5.10. The lowest BCUT2D eigenvalue weighted by Gasteiger charge is -2.11. The molecule has 0 bridgehead atoms. The summed E-state index contributed by atoms with van der Waals surface area (Å²) in [4.78, 5) is 20.2. The fraction of sp³-hybridized carbons (Fsp3) is 0.400. The van der Waals surface area contributed by atoms with E-state index in [2.05, 4.69) is 33.7 Å². The van der Waals surface area contributed by atoms with Gasteiger partial charge in [0.15, 0.2) is 0 Å². The Bertz CT molecular complexity index is 609. The third-order valence-corrected chi connectivity index (χ3v) is 3.44. The minimum Gasteiger partial charge on any atom is -0.352 e. The van der Waals surface area contributed by atoms with E-state index in [9.17, 15) is 4.79 Å². The van der Waals surface area contributed by atoms with Crippen LogP contribution in [0.4, 0.5) is 0 Å². The Morgan fingerprint density at radius 3 is 2.95 bits per heavy atom. The maximum Gasteiger partial charge on any atom is 0.252 e. The van der Waals surface area contributed by atoms with Gasteiger partial charge in [-0.1, -0.05) is 25.4 Å². The number of aromatic nitrogens is 3. The molecule has 0 fully saturated rings. The van der Waals surface area contributed by atoms with Gasteiger partial charge in [0.2, 0.25) is 0 Å². The number of nitrogens with zero attached hydrogens (tertiary/aromatic N) is 3. The summed E-state index contributed by atoms with van der Waals surface area (Å²) >= 11 is 5.93. The molecule has 5 nitrogen and oxygen atoms in total. The van der Waals surface area contributed by atoms with Crippen LogP contribution in [-0.4, -0.2) is 27.0 Å². The van der Waals surface area contributed by atoms with Crippen LogP contribution in [0.3, 0.4) is 0 Å². The first kappa shape index (κ1) is 15.5. The standard InChI is InChI=1S/C15H19ClN4O/c1-11(2)14-18-7-9-20(14)8-3-5-19-15(21)12-4-6-17-10-13(12)16/h4,6-7,9-11H,3,5,8H2,1-2H3,(H,19,21). The summed E-state index contributed by atoms with van der Waals surface area (Å²) in [5.41, 5.74) is 0.456. The molecule has 0 spiro atoms. The van der Waals surface area contributed by atoms with Gasteiger partial charge in [0, 0.05) is 43.8 Å². The Hall–Kier alpha value is -1.88. The van der Waals surface area contributed by atoms with Gasteiger partial charge in [0.25, 0.3) is 5.91 Å². The number of pyridine rings is 1. The van der Waals surface area contributed by atoms with Crippen molar-refractivity contribution in [3.05, 3.63) is 47.3 Å². The van der Waals surface area contributed by atoms with Crippen molar-refractivity contribution in [2.45, 2.75) is 32.7 Å². The highest BCUT2D eigenvalue weighted by molar-refractivity contribution is 6.33. The average molecular weight is 307 g/mol. The maximum absolute atomic E-state index is 12.0. The molecule has 1 N–H and O–H groups in total. The lowest BCUT2D eigenvalue weighted by molar-refractivity contribution is 0.0952. The van der Waals surface area contributed by atoms with Crippen molar-refractivity contribution in [2.24, 2.45) is 0 Å². The topological polar surface area (TPSA) is 59.8 Å². The number of aryl methyl sites for hydroxylation is 1. The molecule has 0 aromatic carbocycles. The van der Waals surface area contributed by atoms with Gasteiger partial charge in [0.1, 0.15) is 5.82 Å². The molecule has 0 radical (unpaired) electrons. The molecule has 0 saturated carbocycles. The number of hydrogen-bond donors (Lipinski definition) is 1. The highest BCUT2D eigenvalue weighted by atomic mass is 35.5. The summed E-state index contributed by atoms with van der Waals surface area (Å²) in [7, 11) is 0. The average Bonchev–Trinajstić information content (AvgIpc) is 2.92. The zero-order valence-electron chi connectivity index (χ0n) is 12.2. The van der Waals surface area contributed by atoms with Crippen LogP contribution in [0.2, 0.25) is 5.02 Å². The SMILES string of the molecule is CC(C)c1nccn1CCCNC(=O)c1ccncc1Cl. The maximum atomic E-state index is 12.0. The van der Waals surface area contributed by atoms with Gasteiger partial charge in [-0.05, 0) is 12.5 Å². The Balaban J connectivity index is 1.81. The number of imidazole rings is 1. The molecule has 2 aromatic rings. The Morgan fingerprint density at radius 2 is 2.24 bits per heavy atom. The van der Waals surface area contributed by atoms with Crippen LogP contribution < -0.4 is 5.32 Å². The second-order valence-corrected chi connectivity index (χ2v) is 5.51. The van der Waals surface area contributed by atoms with Crippen LogP contribution in [0.15, 0.2) is 30.9 Å². The summed E-state index contributed by atoms with van der Waals surface area (Å²) < 4.78 is 2.12. The molecule has 2 rings (SSSR count). The summed E-state index contributed by atoms with van der Waals surface area (Å²) in [5, 5.41) is 3.23. The van der Waals surface area contributed by atoms with E-state index in [0.717, 1.165) is 18.8 Å². The zero-order chi connectivity index (χ0) is 15.2. The number of rotatable bonds is 6. The lowest BCUT2D eigenvalue weighted by atomic mass is 10.2. The predicted molar refractivity (Wildman–Crippen MR) is 82.5 cm³/mol. The minimum absolute atomic E-state index is 0.169. The monoisotopic (exact) mass is 306 g/mol. The lowest BCUT2D eigenvalue weighted by Crippen LogP contribution is -2.25. The Kier molecular flexibility index (Phi) is 5.33. The van der Waals surface area contributed by atoms with Gasteiger partial charge < -0.3 is 9.88 Å². The van der Waals surface area contributed by atoms with Crippen molar-refractivity contribution >= 4 is 17.5 Å². The van der Waals surface area contributed by atoms with Crippen molar-refractivity contribution in [3.8, 4) is 0 Å². The minimum atomic E-state index is -0.169. The summed E-state index contributed by atoms with van der Waals surface area (Å²) in [5.74, 6) is 1.29. The second kappa shape index (κ2) is 7.22. The number of carbonyl (C=O) groups is 1. The van der Waals surface area contributed by atoms with E-state index < -0.39 is 0 Å². The van der Waals surface area contributed by atoms with E-state index in [-0.39, 0.29) is 5.91 Å². The molecule has 2 heterocycles. The first-order chi connectivity index (χ1) is 10.1. The molecular weight excluding hydrogens is 288 g/mol. The molecule has 21 heavy (non-hydrogen) atoms. The van der Waals surface area contributed by atoms with E-state index in [1.807, 2.05) is 12.4 Å². The number of halogens is 1. The molecule has 112 valence electrons. The van der Waals surface area contributed by atoms with Crippen molar-refractivity contribution in [1.29, 1.82) is 0 Å². The van der Waals surface area contributed by atoms with E-state index >= 15 is 0 Å². The van der Waals surface area contributed by atoms with Crippen molar-refractivity contribution < 1.29 is 4.79 Å². The fourth-order valence-corrected chi connectivity index (χ4v) is 2.32. The van der Waals surface area contributed by atoms with Crippen LogP contribution >= 0.6 is 11.6 Å². The molecule has 0 saturated heterocycles. The Morgan fingerprint density at radius 1 is 1.43 bits per heavy atom. The number of amides is 1. The van der Waals surface area contributed by atoms with Gasteiger partial charge in [-0.15, -0.1) is 0 Å². The predicted octanol–water partition coefficient (Wildman–Crippen LogP) is 2.88. The molecular formula is C15H19ClN4O. The van der Waals surface area contributed by atoms with Gasteiger partial charge >= 0.3 is 0 Å². The van der Waals surface area contributed by atoms with Gasteiger partial charge in [0.05, 0.1) is 10.6 Å². The van der Waals surface area contributed by atoms with Gasteiger partial charge in [-0.25, -0.2) is 4.98 Å². The first-order valence-electron chi connectivity index (χ1n) is 6.98. The van der Waals surface area contributed by atoms with Crippen LogP contribution in [0.5, 0.6) is 0 Å². The molecule has 0 aliphatic rings. The van der Waals surface area contributed by atoms with Crippen molar-refractivity contribution in [3.63, 3.8) is 0 Å². The largest absolute Gasteiger partial charge is 0.352 e. The number of carbonyl (C=O) groups excluding carboxylic acids is 1. The van der Waals surface area contributed by atoms with Gasteiger partial charge in [-0.3, -0.25) is 9.78 Å². The summed E-state index contributed by atoms with van der Waals surface area (Å²) in [6.45, 7) is 5.66. The normalized spacial score (nSPS) is 10.9. The molecule has 0 aliphatic heterocycles. The summed E-state index contributed by atoms with van der Waals surface area (Å²) in [6.07, 6.45) is 7.64. The zero-order valence-corrected chi connectivity index (χ0v) is 13.0. The number of hydrogen-bond acceptors (Lipinski definition) is 3. The molecule has 2 aromatic heterocycles. The molecule has 0 unspecified atom stereocenters.